The second-order valence-corrected chi connectivity index (χ2v) is 0.941. The number of hydrogen-bond donors (Lipinski definition) is 2. The Morgan fingerprint density at radius 2 is 2.00 bits per heavy atom. The van der Waals surface area contributed by atoms with Crippen LogP contribution in [0.15, 0.2) is 0 Å². The number of carbonyl (C=O) groups is 1. The number of amides is 1. The molecule has 0 fully saturated rings. The molecule has 0 rings (SSSR count). The van der Waals surface area contributed by atoms with Crippen LogP contribution in [-0.2, 0) is 27.2 Å². The van der Waals surface area contributed by atoms with E-state index >= 15 is 0 Å². The minimum atomic E-state index is -0.381. The van der Waals surface area contributed by atoms with Gasteiger partial charge in [-0.05, 0) is 0 Å². The monoisotopic (exact) mass is 198 g/mol. The molecule has 2 N–H and O–H groups in total. The maximum Gasteiger partial charge on any atom is 0.227 e. The molecular formula is C2H5AgNOS. The molecule has 0 atom stereocenters. The number of thiol groups is 1. The first-order valence-corrected chi connectivity index (χ1v) is 1.80. The molecule has 0 saturated heterocycles. The first-order valence-electron chi connectivity index (χ1n) is 1.16. The average molecular weight is 199 g/mol. The second kappa shape index (κ2) is 5.56. The van der Waals surface area contributed by atoms with Gasteiger partial charge in [0.25, 0.3) is 0 Å². The van der Waals surface area contributed by atoms with Gasteiger partial charge in [0.1, 0.15) is 0 Å². The van der Waals surface area contributed by atoms with Gasteiger partial charge in [-0.2, -0.15) is 12.6 Å². The van der Waals surface area contributed by atoms with Crippen molar-refractivity contribution in [1.29, 1.82) is 0 Å². The molecule has 1 amide bonds. The van der Waals surface area contributed by atoms with Crippen molar-refractivity contribution in [2.24, 2.45) is 5.73 Å². The van der Waals surface area contributed by atoms with E-state index in [2.05, 4.69) is 18.4 Å². The van der Waals surface area contributed by atoms with Crippen LogP contribution in [-0.4, -0.2) is 11.7 Å². The maximum atomic E-state index is 9.51. The van der Waals surface area contributed by atoms with Gasteiger partial charge in [-0.15, -0.1) is 0 Å². The maximum absolute atomic E-state index is 9.51. The van der Waals surface area contributed by atoms with E-state index in [0.29, 0.717) is 0 Å². The molecule has 0 bridgehead atoms. The van der Waals surface area contributed by atoms with Crippen LogP contribution in [0.4, 0.5) is 0 Å². The first kappa shape index (κ1) is 9.75. The minimum Gasteiger partial charge on any atom is -0.369 e. The summed E-state index contributed by atoms with van der Waals surface area (Å²) >= 11 is 3.54. The van der Waals surface area contributed by atoms with Gasteiger partial charge in [0.15, 0.2) is 0 Å². The molecule has 0 aliphatic carbocycles. The quantitative estimate of drug-likeness (QED) is 0.429. The van der Waals surface area contributed by atoms with Crippen molar-refractivity contribution in [3.63, 3.8) is 0 Å². The van der Waals surface area contributed by atoms with Crippen LogP contribution in [0.3, 0.4) is 0 Å². The first-order chi connectivity index (χ1) is 2.27. The van der Waals surface area contributed by atoms with Crippen molar-refractivity contribution in [2.75, 3.05) is 5.75 Å². The van der Waals surface area contributed by atoms with Gasteiger partial charge in [0.2, 0.25) is 5.91 Å². The number of primary amides is 1. The van der Waals surface area contributed by atoms with Crippen LogP contribution in [0.5, 0.6) is 0 Å². The summed E-state index contributed by atoms with van der Waals surface area (Å²) in [5, 5.41) is 0. The van der Waals surface area contributed by atoms with Crippen molar-refractivity contribution in [3.05, 3.63) is 0 Å². The summed E-state index contributed by atoms with van der Waals surface area (Å²) in [6, 6.07) is 0. The van der Waals surface area contributed by atoms with Crippen LogP contribution >= 0.6 is 12.6 Å². The van der Waals surface area contributed by atoms with Gasteiger partial charge < -0.3 is 5.73 Å². The number of hydrogen-bond acceptors (Lipinski definition) is 2. The fraction of sp³-hybridized carbons (Fsp3) is 0.500. The summed E-state index contributed by atoms with van der Waals surface area (Å²) in [7, 11) is 0. The molecule has 0 unspecified atom stereocenters. The van der Waals surface area contributed by atoms with Crippen molar-refractivity contribution in [1.82, 2.24) is 0 Å². The van der Waals surface area contributed by atoms with Gasteiger partial charge in [0, 0.05) is 22.4 Å². The van der Waals surface area contributed by atoms with Crippen molar-refractivity contribution in [3.8, 4) is 0 Å². The predicted octanol–water partition coefficient (Wildman–Crippen LogP) is -0.601. The van der Waals surface area contributed by atoms with Gasteiger partial charge in [0.05, 0.1) is 5.75 Å². The van der Waals surface area contributed by atoms with E-state index in [9.17, 15) is 4.79 Å². The molecule has 41 valence electrons. The van der Waals surface area contributed by atoms with E-state index in [0.717, 1.165) is 0 Å². The number of carbonyl (C=O) groups excluding carboxylic acids is 1. The van der Waals surface area contributed by atoms with Crippen LogP contribution in [0.2, 0.25) is 0 Å². The molecule has 0 aliphatic rings. The Bertz CT molecular complexity index is 48.8. The van der Waals surface area contributed by atoms with E-state index in [1.807, 2.05) is 0 Å². The normalized spacial score (nSPS) is 6.17. The Kier molecular flexibility index (Phi) is 9.04. The molecule has 0 heterocycles. The molecule has 4 heteroatoms. The van der Waals surface area contributed by atoms with Crippen LogP contribution in [0, 0.1) is 0 Å². The molecule has 6 heavy (non-hydrogen) atoms. The summed E-state index contributed by atoms with van der Waals surface area (Å²) in [6.07, 6.45) is 0. The fourth-order valence-corrected chi connectivity index (χ4v) is 0. The molecule has 0 aromatic carbocycles. The Hall–Kier alpha value is 0.560. The van der Waals surface area contributed by atoms with E-state index < -0.39 is 0 Å². The Balaban J connectivity index is 0. The van der Waals surface area contributed by atoms with Crippen LogP contribution in [0.1, 0.15) is 0 Å². The summed E-state index contributed by atoms with van der Waals surface area (Å²) in [5.41, 5.74) is 4.58. The third-order valence-corrected chi connectivity index (χ3v) is 0.468. The Morgan fingerprint density at radius 1 is 1.83 bits per heavy atom. The van der Waals surface area contributed by atoms with Crippen LogP contribution in [0.25, 0.3) is 0 Å². The Morgan fingerprint density at radius 3 is 2.00 bits per heavy atom. The summed E-state index contributed by atoms with van der Waals surface area (Å²) in [5.74, 6) is -0.242. The molecule has 0 saturated carbocycles. The molecule has 0 aromatic heterocycles. The number of nitrogens with two attached hydrogens (primary N) is 1. The molecule has 0 aromatic rings. The largest absolute Gasteiger partial charge is 0.369 e. The van der Waals surface area contributed by atoms with Crippen LogP contribution < -0.4 is 5.73 Å². The fourth-order valence-electron chi connectivity index (χ4n) is 0. The van der Waals surface area contributed by atoms with E-state index in [1.54, 1.807) is 0 Å². The second-order valence-electron chi connectivity index (χ2n) is 0.624. The average Bonchev–Trinajstić information content (AvgIpc) is 1.38. The predicted molar refractivity (Wildman–Crippen MR) is 23.0 cm³/mol. The van der Waals surface area contributed by atoms with Gasteiger partial charge >= 0.3 is 0 Å². The molecule has 2 nitrogen and oxygen atoms in total. The summed E-state index contributed by atoms with van der Waals surface area (Å²) < 4.78 is 0. The third kappa shape index (κ3) is 8.82. The van der Waals surface area contributed by atoms with E-state index in [4.69, 9.17) is 0 Å². The zero-order valence-electron chi connectivity index (χ0n) is 2.94. The van der Waals surface area contributed by atoms with Crippen molar-refractivity contribution in [2.45, 2.75) is 0 Å². The van der Waals surface area contributed by atoms with Crippen molar-refractivity contribution >= 4 is 18.5 Å². The van der Waals surface area contributed by atoms with Crippen molar-refractivity contribution < 1.29 is 27.2 Å². The van der Waals surface area contributed by atoms with E-state index in [-0.39, 0.29) is 34.0 Å². The zero-order chi connectivity index (χ0) is 4.28. The zero-order valence-corrected chi connectivity index (χ0v) is 5.32. The topological polar surface area (TPSA) is 43.1 Å². The number of rotatable bonds is 1. The summed E-state index contributed by atoms with van der Waals surface area (Å²) in [4.78, 5) is 9.51. The smallest absolute Gasteiger partial charge is 0.227 e. The summed E-state index contributed by atoms with van der Waals surface area (Å²) in [6.45, 7) is 0. The molecular weight excluding hydrogens is 194 g/mol. The van der Waals surface area contributed by atoms with Gasteiger partial charge in [-0.3, -0.25) is 4.79 Å². The molecule has 0 spiro atoms. The molecule has 0 aliphatic heterocycles. The SMILES string of the molecule is NC(=O)CS.[Ag]. The van der Waals surface area contributed by atoms with Gasteiger partial charge in [-0.25, -0.2) is 0 Å². The Labute approximate surface area is 57.4 Å². The minimum absolute atomic E-state index is 0. The standard InChI is InChI=1S/C2H5NOS.Ag/c3-2(4)1-5;/h5H,1H2,(H2,3,4);. The third-order valence-electron chi connectivity index (χ3n) is 0.156. The van der Waals surface area contributed by atoms with E-state index in [1.165, 1.54) is 0 Å². The van der Waals surface area contributed by atoms with Gasteiger partial charge in [-0.1, -0.05) is 0 Å². The molecule has 1 radical (unpaired) electrons.